The van der Waals surface area contributed by atoms with Crippen LogP contribution in [0.3, 0.4) is 0 Å². The molecule has 0 fully saturated rings. The molecule has 0 aliphatic carbocycles. The molecular weight excluding hydrogens is 152 g/mol. The predicted octanol–water partition coefficient (Wildman–Crippen LogP) is 0.669. The van der Waals surface area contributed by atoms with E-state index in [0.29, 0.717) is 12.5 Å². The van der Waals surface area contributed by atoms with Gasteiger partial charge < -0.3 is 10.3 Å². The summed E-state index contributed by atoms with van der Waals surface area (Å²) < 4.78 is 2.07. The van der Waals surface area contributed by atoms with Crippen LogP contribution >= 0.6 is 0 Å². The Morgan fingerprint density at radius 1 is 1.42 bits per heavy atom. The van der Waals surface area contributed by atoms with Crippen LogP contribution in [0.5, 0.6) is 0 Å². The standard InChI is InChI=1S/C8H16N4/c1-6(2)8-11-10-7(3)12(8)5-4-9/h6H,4-5,9H2,1-3H3. The van der Waals surface area contributed by atoms with Crippen molar-refractivity contribution >= 4 is 0 Å². The minimum Gasteiger partial charge on any atom is -0.329 e. The van der Waals surface area contributed by atoms with Crippen LogP contribution in [-0.4, -0.2) is 21.3 Å². The van der Waals surface area contributed by atoms with Crippen molar-refractivity contribution in [2.75, 3.05) is 6.54 Å². The first kappa shape index (κ1) is 9.19. The molecule has 0 saturated heterocycles. The Morgan fingerprint density at radius 2 is 2.08 bits per heavy atom. The molecule has 0 unspecified atom stereocenters. The van der Waals surface area contributed by atoms with E-state index < -0.39 is 0 Å². The fraction of sp³-hybridized carbons (Fsp3) is 0.750. The van der Waals surface area contributed by atoms with E-state index in [-0.39, 0.29) is 0 Å². The van der Waals surface area contributed by atoms with Crippen molar-refractivity contribution in [2.24, 2.45) is 5.73 Å². The summed E-state index contributed by atoms with van der Waals surface area (Å²) in [5.74, 6) is 2.39. The third-order valence-electron chi connectivity index (χ3n) is 1.83. The molecule has 0 spiro atoms. The molecule has 0 bridgehead atoms. The highest BCUT2D eigenvalue weighted by Gasteiger charge is 2.10. The van der Waals surface area contributed by atoms with E-state index in [4.69, 9.17) is 5.73 Å². The smallest absolute Gasteiger partial charge is 0.135 e. The zero-order valence-corrected chi connectivity index (χ0v) is 7.91. The molecule has 2 N–H and O–H groups in total. The van der Waals surface area contributed by atoms with Crippen LogP contribution in [0, 0.1) is 6.92 Å². The summed E-state index contributed by atoms with van der Waals surface area (Å²) in [7, 11) is 0. The van der Waals surface area contributed by atoms with Crippen LogP contribution in [0.4, 0.5) is 0 Å². The minimum atomic E-state index is 0.415. The molecule has 0 atom stereocenters. The number of aryl methyl sites for hydroxylation is 1. The summed E-state index contributed by atoms with van der Waals surface area (Å²) in [6.07, 6.45) is 0. The maximum Gasteiger partial charge on any atom is 0.135 e. The van der Waals surface area contributed by atoms with E-state index in [1.165, 1.54) is 0 Å². The number of rotatable bonds is 3. The average Bonchev–Trinajstić information content (AvgIpc) is 2.34. The Morgan fingerprint density at radius 3 is 2.58 bits per heavy atom. The van der Waals surface area contributed by atoms with Crippen LogP contribution in [0.1, 0.15) is 31.4 Å². The molecule has 1 heterocycles. The Hall–Kier alpha value is -0.900. The molecule has 0 amide bonds. The number of hydrogen-bond donors (Lipinski definition) is 1. The van der Waals surface area contributed by atoms with Gasteiger partial charge >= 0.3 is 0 Å². The van der Waals surface area contributed by atoms with Crippen LogP contribution in [0.2, 0.25) is 0 Å². The molecule has 1 aromatic heterocycles. The molecule has 68 valence electrons. The van der Waals surface area contributed by atoms with Crippen molar-refractivity contribution in [3.05, 3.63) is 11.6 Å². The van der Waals surface area contributed by atoms with Crippen molar-refractivity contribution in [3.63, 3.8) is 0 Å². The van der Waals surface area contributed by atoms with Crippen LogP contribution < -0.4 is 5.73 Å². The lowest BCUT2D eigenvalue weighted by Gasteiger charge is -2.08. The van der Waals surface area contributed by atoms with Gasteiger partial charge in [0.2, 0.25) is 0 Å². The molecule has 4 heteroatoms. The molecule has 4 nitrogen and oxygen atoms in total. The highest BCUT2D eigenvalue weighted by atomic mass is 15.3. The lowest BCUT2D eigenvalue weighted by atomic mass is 10.2. The summed E-state index contributed by atoms with van der Waals surface area (Å²) in [5.41, 5.74) is 5.48. The van der Waals surface area contributed by atoms with Gasteiger partial charge in [-0.2, -0.15) is 0 Å². The number of nitrogens with zero attached hydrogens (tertiary/aromatic N) is 3. The summed E-state index contributed by atoms with van der Waals surface area (Å²) in [6, 6.07) is 0. The van der Waals surface area contributed by atoms with Gasteiger partial charge in [-0.1, -0.05) is 13.8 Å². The predicted molar refractivity (Wildman–Crippen MR) is 47.9 cm³/mol. The normalized spacial score (nSPS) is 11.1. The van der Waals surface area contributed by atoms with E-state index in [0.717, 1.165) is 18.2 Å². The first-order valence-electron chi connectivity index (χ1n) is 4.26. The lowest BCUT2D eigenvalue weighted by Crippen LogP contribution is -2.14. The van der Waals surface area contributed by atoms with Crippen molar-refractivity contribution < 1.29 is 0 Å². The minimum absolute atomic E-state index is 0.415. The second-order valence-electron chi connectivity index (χ2n) is 3.20. The fourth-order valence-corrected chi connectivity index (χ4v) is 1.23. The lowest BCUT2D eigenvalue weighted by molar-refractivity contribution is 0.615. The highest BCUT2D eigenvalue weighted by Crippen LogP contribution is 2.12. The molecule has 0 aliphatic rings. The number of nitrogens with two attached hydrogens (primary N) is 1. The third kappa shape index (κ3) is 1.64. The third-order valence-corrected chi connectivity index (χ3v) is 1.83. The zero-order chi connectivity index (χ0) is 9.14. The van der Waals surface area contributed by atoms with Gasteiger partial charge in [-0.3, -0.25) is 0 Å². The largest absolute Gasteiger partial charge is 0.329 e. The van der Waals surface area contributed by atoms with Crippen LogP contribution in [0.15, 0.2) is 0 Å². The van der Waals surface area contributed by atoms with Crippen molar-refractivity contribution in [1.29, 1.82) is 0 Å². The molecule has 0 radical (unpaired) electrons. The van der Waals surface area contributed by atoms with Crippen LogP contribution in [-0.2, 0) is 6.54 Å². The Kier molecular flexibility index (Phi) is 2.81. The van der Waals surface area contributed by atoms with Crippen LogP contribution in [0.25, 0.3) is 0 Å². The van der Waals surface area contributed by atoms with E-state index in [2.05, 4.69) is 28.6 Å². The van der Waals surface area contributed by atoms with E-state index >= 15 is 0 Å². The molecule has 0 saturated carbocycles. The van der Waals surface area contributed by atoms with E-state index in [1.54, 1.807) is 0 Å². The van der Waals surface area contributed by atoms with Gasteiger partial charge in [0.25, 0.3) is 0 Å². The van der Waals surface area contributed by atoms with Gasteiger partial charge in [0.1, 0.15) is 11.6 Å². The van der Waals surface area contributed by atoms with Gasteiger partial charge in [-0.05, 0) is 6.92 Å². The van der Waals surface area contributed by atoms with Crippen molar-refractivity contribution in [2.45, 2.75) is 33.2 Å². The van der Waals surface area contributed by atoms with Crippen molar-refractivity contribution in [1.82, 2.24) is 14.8 Å². The molecule has 1 aromatic rings. The monoisotopic (exact) mass is 168 g/mol. The average molecular weight is 168 g/mol. The molecule has 12 heavy (non-hydrogen) atoms. The van der Waals surface area contributed by atoms with Crippen molar-refractivity contribution in [3.8, 4) is 0 Å². The Bertz CT molecular complexity index is 252. The second kappa shape index (κ2) is 3.67. The van der Waals surface area contributed by atoms with Gasteiger partial charge in [0.05, 0.1) is 0 Å². The molecule has 1 rings (SSSR count). The zero-order valence-electron chi connectivity index (χ0n) is 7.91. The van der Waals surface area contributed by atoms with E-state index in [1.807, 2.05) is 6.92 Å². The quantitative estimate of drug-likeness (QED) is 0.721. The second-order valence-corrected chi connectivity index (χ2v) is 3.20. The summed E-state index contributed by atoms with van der Waals surface area (Å²) in [6.45, 7) is 7.62. The SMILES string of the molecule is Cc1nnc(C(C)C)n1CCN. The van der Waals surface area contributed by atoms with Gasteiger partial charge in [-0.25, -0.2) is 0 Å². The Labute approximate surface area is 72.8 Å². The maximum absolute atomic E-state index is 5.48. The topological polar surface area (TPSA) is 56.7 Å². The van der Waals surface area contributed by atoms with E-state index in [9.17, 15) is 0 Å². The highest BCUT2D eigenvalue weighted by molar-refractivity contribution is 4.98. The molecular formula is C8H16N4. The summed E-state index contributed by atoms with van der Waals surface area (Å²) in [4.78, 5) is 0. The summed E-state index contributed by atoms with van der Waals surface area (Å²) in [5, 5.41) is 8.11. The number of aromatic nitrogens is 3. The van der Waals surface area contributed by atoms with Gasteiger partial charge in [0.15, 0.2) is 0 Å². The van der Waals surface area contributed by atoms with Gasteiger partial charge in [0, 0.05) is 19.0 Å². The fourth-order valence-electron chi connectivity index (χ4n) is 1.23. The maximum atomic E-state index is 5.48. The molecule has 0 aliphatic heterocycles. The first-order valence-corrected chi connectivity index (χ1v) is 4.26. The molecule has 0 aromatic carbocycles. The van der Waals surface area contributed by atoms with Gasteiger partial charge in [-0.15, -0.1) is 10.2 Å². The first-order chi connectivity index (χ1) is 5.66. The number of hydrogen-bond acceptors (Lipinski definition) is 3. The summed E-state index contributed by atoms with van der Waals surface area (Å²) >= 11 is 0. The Balaban J connectivity index is 2.95.